The van der Waals surface area contributed by atoms with E-state index in [-0.39, 0.29) is 17.5 Å². The van der Waals surface area contributed by atoms with E-state index < -0.39 is 21.6 Å². The number of hydrogen-bond donors (Lipinski definition) is 1. The molecule has 1 amide bonds. The van der Waals surface area contributed by atoms with Gasteiger partial charge in [-0.1, -0.05) is 30.3 Å². The Morgan fingerprint density at radius 1 is 1.11 bits per heavy atom. The highest BCUT2D eigenvalue weighted by molar-refractivity contribution is 7.91. The van der Waals surface area contributed by atoms with E-state index in [0.717, 1.165) is 5.56 Å². The van der Waals surface area contributed by atoms with Gasteiger partial charge in [0.1, 0.15) is 11.6 Å². The molecule has 0 spiro atoms. The zero-order valence-electron chi connectivity index (χ0n) is 14.9. The molecule has 0 saturated carbocycles. The van der Waals surface area contributed by atoms with Crippen LogP contribution in [0.15, 0.2) is 60.7 Å². The van der Waals surface area contributed by atoms with Crippen molar-refractivity contribution in [3.05, 3.63) is 72.0 Å². The van der Waals surface area contributed by atoms with E-state index in [1.807, 2.05) is 30.3 Å². The van der Waals surface area contributed by atoms with E-state index in [9.17, 15) is 17.6 Å². The summed E-state index contributed by atoms with van der Waals surface area (Å²) >= 11 is 0. The first kappa shape index (κ1) is 18.4. The summed E-state index contributed by atoms with van der Waals surface area (Å²) in [6, 6.07) is 16.0. The number of rotatable bonds is 4. The van der Waals surface area contributed by atoms with Crippen LogP contribution in [-0.4, -0.2) is 35.6 Å². The van der Waals surface area contributed by atoms with Gasteiger partial charge in [-0.15, -0.1) is 0 Å². The predicted molar refractivity (Wildman–Crippen MR) is 104 cm³/mol. The fourth-order valence-electron chi connectivity index (χ4n) is 3.27. The highest BCUT2D eigenvalue weighted by atomic mass is 32.2. The molecule has 0 aliphatic carbocycles. The molecule has 1 aliphatic rings. The van der Waals surface area contributed by atoms with Crippen molar-refractivity contribution < 1.29 is 17.6 Å². The van der Waals surface area contributed by atoms with Crippen molar-refractivity contribution in [2.24, 2.45) is 0 Å². The number of carbonyl (C=O) groups is 1. The second-order valence-electron chi connectivity index (χ2n) is 6.74. The first-order valence-electron chi connectivity index (χ1n) is 8.84. The molecule has 6 nitrogen and oxygen atoms in total. The van der Waals surface area contributed by atoms with Gasteiger partial charge in [-0.25, -0.2) is 17.5 Å². The Balaban J connectivity index is 1.69. The summed E-state index contributed by atoms with van der Waals surface area (Å²) in [5, 5.41) is 7.35. The third kappa shape index (κ3) is 3.82. The third-order valence-electron chi connectivity index (χ3n) is 4.71. The average molecular weight is 399 g/mol. The van der Waals surface area contributed by atoms with Crippen LogP contribution >= 0.6 is 0 Å². The van der Waals surface area contributed by atoms with Gasteiger partial charge in [0.05, 0.1) is 23.2 Å². The van der Waals surface area contributed by atoms with Crippen LogP contribution in [-0.2, 0) is 9.84 Å². The maximum Gasteiger partial charge on any atom is 0.256 e. The van der Waals surface area contributed by atoms with Crippen LogP contribution in [0.25, 0.3) is 11.3 Å². The Morgan fingerprint density at radius 3 is 2.46 bits per heavy atom. The summed E-state index contributed by atoms with van der Waals surface area (Å²) in [6.45, 7) is 0. The number of anilines is 1. The molecule has 1 fully saturated rings. The second-order valence-corrected chi connectivity index (χ2v) is 8.97. The molecule has 2 aromatic carbocycles. The zero-order valence-corrected chi connectivity index (χ0v) is 15.7. The van der Waals surface area contributed by atoms with E-state index in [1.165, 1.54) is 24.3 Å². The maximum absolute atomic E-state index is 13.1. The van der Waals surface area contributed by atoms with Gasteiger partial charge >= 0.3 is 0 Å². The smallest absolute Gasteiger partial charge is 0.256 e. The fraction of sp³-hybridized carbons (Fsp3) is 0.200. The summed E-state index contributed by atoms with van der Waals surface area (Å²) in [5.41, 5.74) is 1.80. The number of carbonyl (C=O) groups excluding carboxylic acids is 1. The van der Waals surface area contributed by atoms with Crippen molar-refractivity contribution in [1.82, 2.24) is 9.78 Å². The van der Waals surface area contributed by atoms with Gasteiger partial charge in [0.2, 0.25) is 0 Å². The molecule has 8 heteroatoms. The van der Waals surface area contributed by atoms with Gasteiger partial charge in [-0.2, -0.15) is 5.10 Å². The molecule has 0 unspecified atom stereocenters. The van der Waals surface area contributed by atoms with Crippen LogP contribution in [0.3, 0.4) is 0 Å². The molecular weight excluding hydrogens is 381 g/mol. The average Bonchev–Trinajstić information content (AvgIpc) is 3.26. The summed E-state index contributed by atoms with van der Waals surface area (Å²) in [6.07, 6.45) is 0.442. The third-order valence-corrected chi connectivity index (χ3v) is 6.46. The van der Waals surface area contributed by atoms with Gasteiger partial charge < -0.3 is 5.32 Å². The minimum atomic E-state index is -3.12. The SMILES string of the molecule is O=C(Nc1cc(-c2ccccc2)nn1[C@H]1CCS(=O)(=O)C1)c1ccc(F)cc1. The topological polar surface area (TPSA) is 81.1 Å². The largest absolute Gasteiger partial charge is 0.307 e. The van der Waals surface area contributed by atoms with Crippen LogP contribution in [0.1, 0.15) is 22.8 Å². The Kier molecular flexibility index (Phi) is 4.72. The molecular formula is C20H18FN3O3S. The van der Waals surface area contributed by atoms with Crippen molar-refractivity contribution in [1.29, 1.82) is 0 Å². The second kappa shape index (κ2) is 7.20. The number of hydrogen-bond acceptors (Lipinski definition) is 4. The van der Waals surface area contributed by atoms with Crippen molar-refractivity contribution >= 4 is 21.6 Å². The molecule has 2 heterocycles. The Morgan fingerprint density at radius 2 is 1.82 bits per heavy atom. The van der Waals surface area contributed by atoms with Crippen LogP contribution in [0.5, 0.6) is 0 Å². The molecule has 1 N–H and O–H groups in total. The molecule has 1 aromatic heterocycles. The standard InChI is InChI=1S/C20H18FN3O3S/c21-16-8-6-15(7-9-16)20(25)22-19-12-18(14-4-2-1-3-5-14)23-24(19)17-10-11-28(26,27)13-17/h1-9,12,17H,10-11,13H2,(H,22,25)/t17-/m0/s1. The number of halogens is 1. The number of benzene rings is 2. The van der Waals surface area contributed by atoms with E-state index in [2.05, 4.69) is 10.4 Å². The Hall–Kier alpha value is -3.00. The summed E-state index contributed by atoms with van der Waals surface area (Å²) in [5.74, 6) is -0.340. The van der Waals surface area contributed by atoms with Crippen LogP contribution in [0.4, 0.5) is 10.2 Å². The van der Waals surface area contributed by atoms with Crippen molar-refractivity contribution in [2.75, 3.05) is 16.8 Å². The number of amides is 1. The lowest BCUT2D eigenvalue weighted by molar-refractivity contribution is 0.102. The highest BCUT2D eigenvalue weighted by Crippen LogP contribution is 2.30. The van der Waals surface area contributed by atoms with Gasteiger partial charge in [0.15, 0.2) is 9.84 Å². The molecule has 1 atom stereocenters. The van der Waals surface area contributed by atoms with Crippen LogP contribution < -0.4 is 5.32 Å². The van der Waals surface area contributed by atoms with Crippen molar-refractivity contribution in [3.63, 3.8) is 0 Å². The maximum atomic E-state index is 13.1. The van der Waals surface area contributed by atoms with Gasteiger partial charge in [0.25, 0.3) is 5.91 Å². The lowest BCUT2D eigenvalue weighted by atomic mass is 10.1. The summed E-state index contributed by atoms with van der Waals surface area (Å²) in [4.78, 5) is 12.6. The van der Waals surface area contributed by atoms with Gasteiger partial charge in [-0.05, 0) is 30.7 Å². The summed E-state index contributed by atoms with van der Waals surface area (Å²) in [7, 11) is -3.12. The number of nitrogens with one attached hydrogen (secondary N) is 1. The van der Waals surface area contributed by atoms with E-state index in [1.54, 1.807) is 10.7 Å². The Labute approximate surface area is 161 Å². The van der Waals surface area contributed by atoms with E-state index in [0.29, 0.717) is 23.5 Å². The molecule has 3 aromatic rings. The number of sulfone groups is 1. The minimum Gasteiger partial charge on any atom is -0.307 e. The quantitative estimate of drug-likeness (QED) is 0.730. The van der Waals surface area contributed by atoms with Gasteiger partial charge in [0, 0.05) is 17.2 Å². The van der Waals surface area contributed by atoms with Gasteiger partial charge in [-0.3, -0.25) is 4.79 Å². The van der Waals surface area contributed by atoms with E-state index in [4.69, 9.17) is 0 Å². The lowest BCUT2D eigenvalue weighted by Gasteiger charge is -2.13. The minimum absolute atomic E-state index is 0.0116. The molecule has 4 rings (SSSR count). The zero-order chi connectivity index (χ0) is 19.7. The predicted octanol–water partition coefficient (Wildman–Crippen LogP) is 3.30. The molecule has 28 heavy (non-hydrogen) atoms. The Bertz CT molecular complexity index is 1110. The molecule has 1 aliphatic heterocycles. The number of nitrogens with zero attached hydrogens (tertiary/aromatic N) is 2. The van der Waals surface area contributed by atoms with Crippen molar-refractivity contribution in [2.45, 2.75) is 12.5 Å². The molecule has 1 saturated heterocycles. The first-order valence-corrected chi connectivity index (χ1v) is 10.7. The number of aromatic nitrogens is 2. The molecule has 144 valence electrons. The molecule has 0 radical (unpaired) electrons. The monoisotopic (exact) mass is 399 g/mol. The van der Waals surface area contributed by atoms with E-state index >= 15 is 0 Å². The normalized spacial score (nSPS) is 18.1. The van der Waals surface area contributed by atoms with Crippen molar-refractivity contribution in [3.8, 4) is 11.3 Å². The fourth-order valence-corrected chi connectivity index (χ4v) is 4.97. The summed E-state index contributed by atoms with van der Waals surface area (Å²) < 4.78 is 38.5. The molecule has 0 bridgehead atoms. The van der Waals surface area contributed by atoms with Crippen LogP contribution in [0.2, 0.25) is 0 Å². The lowest BCUT2D eigenvalue weighted by Crippen LogP contribution is -2.19. The highest BCUT2D eigenvalue weighted by Gasteiger charge is 2.31. The van der Waals surface area contributed by atoms with Crippen LogP contribution in [0, 0.1) is 5.82 Å². The first-order chi connectivity index (χ1) is 13.4.